The highest BCUT2D eigenvalue weighted by molar-refractivity contribution is 6.39. The molecule has 148 valence electrons. The smallest absolute Gasteiger partial charge is 0.335 e. The highest BCUT2D eigenvalue weighted by Crippen LogP contribution is 2.41. The largest absolute Gasteiger partial charge is 0.478 e. The van der Waals surface area contributed by atoms with E-state index in [1.54, 1.807) is 0 Å². The number of hydrogen-bond acceptors (Lipinski definition) is 4. The van der Waals surface area contributed by atoms with E-state index in [0.717, 1.165) is 18.2 Å². The zero-order valence-corrected chi connectivity index (χ0v) is 16.4. The Balaban J connectivity index is 1.82. The van der Waals surface area contributed by atoms with Crippen molar-refractivity contribution < 1.29 is 19.1 Å². The van der Waals surface area contributed by atoms with E-state index < -0.39 is 17.7 Å². The van der Waals surface area contributed by atoms with Gasteiger partial charge in [-0.05, 0) is 43.5 Å². The molecule has 1 aliphatic carbocycles. The molecule has 2 heterocycles. The first-order chi connectivity index (χ1) is 13.9. The van der Waals surface area contributed by atoms with Gasteiger partial charge in [0.05, 0.1) is 27.8 Å². The van der Waals surface area contributed by atoms with Gasteiger partial charge in [-0.25, -0.2) is 14.2 Å². The summed E-state index contributed by atoms with van der Waals surface area (Å²) in [6.45, 7) is 0. The van der Waals surface area contributed by atoms with Gasteiger partial charge in [0.15, 0.2) is 5.78 Å². The number of aromatic carboxylic acids is 1. The Labute approximate surface area is 174 Å². The van der Waals surface area contributed by atoms with Crippen LogP contribution in [0.25, 0.3) is 11.3 Å². The van der Waals surface area contributed by atoms with Crippen molar-refractivity contribution in [1.82, 2.24) is 15.2 Å². The first-order valence-electron chi connectivity index (χ1n) is 8.83. The molecule has 2 aromatic heterocycles. The number of fused-ring (bicyclic) bond motifs is 1. The fourth-order valence-electron chi connectivity index (χ4n) is 3.70. The third kappa shape index (κ3) is 3.41. The number of carbonyl (C=O) groups excluding carboxylic acids is 1. The van der Waals surface area contributed by atoms with Crippen molar-refractivity contribution in [3.8, 4) is 11.3 Å². The van der Waals surface area contributed by atoms with E-state index in [9.17, 15) is 14.0 Å². The number of Topliss-reactive ketones (excluding diaryl/α,β-unsaturated/α-hetero) is 1. The average Bonchev–Trinajstić information content (AvgIpc) is 3.11. The van der Waals surface area contributed by atoms with E-state index in [1.807, 2.05) is 0 Å². The summed E-state index contributed by atoms with van der Waals surface area (Å²) >= 11 is 12.3. The lowest BCUT2D eigenvalue weighted by Crippen LogP contribution is -2.20. The molecule has 0 saturated heterocycles. The van der Waals surface area contributed by atoms with E-state index in [2.05, 4.69) is 15.2 Å². The number of nitrogens with zero attached hydrogens (tertiary/aromatic N) is 2. The van der Waals surface area contributed by atoms with Crippen LogP contribution in [0.3, 0.4) is 0 Å². The molecule has 1 atom stereocenters. The number of halogens is 3. The minimum atomic E-state index is -1.23. The highest BCUT2D eigenvalue weighted by atomic mass is 35.5. The summed E-state index contributed by atoms with van der Waals surface area (Å²) in [7, 11) is 0. The second-order valence-corrected chi connectivity index (χ2v) is 7.50. The Morgan fingerprint density at radius 3 is 2.72 bits per heavy atom. The number of rotatable bonds is 4. The van der Waals surface area contributed by atoms with Gasteiger partial charge in [-0.1, -0.05) is 23.2 Å². The van der Waals surface area contributed by atoms with Crippen LogP contribution in [0.15, 0.2) is 30.5 Å². The number of aromatic amines is 1. The number of carboxylic acids is 1. The predicted octanol–water partition coefficient (Wildman–Crippen LogP) is 4.92. The molecule has 0 spiro atoms. The molecule has 0 saturated carbocycles. The topological polar surface area (TPSA) is 95.9 Å². The lowest BCUT2D eigenvalue weighted by molar-refractivity contribution is 0.0696. The number of nitrogens with one attached hydrogen (secondary N) is 1. The number of benzene rings is 1. The molecule has 6 nitrogen and oxygen atoms in total. The van der Waals surface area contributed by atoms with Crippen molar-refractivity contribution in [2.75, 3.05) is 0 Å². The Bertz CT molecular complexity index is 1130. The van der Waals surface area contributed by atoms with E-state index in [0.29, 0.717) is 18.4 Å². The Kier molecular flexibility index (Phi) is 5.10. The van der Waals surface area contributed by atoms with Crippen molar-refractivity contribution in [2.45, 2.75) is 25.2 Å². The van der Waals surface area contributed by atoms with E-state index >= 15 is 0 Å². The molecule has 29 heavy (non-hydrogen) atoms. The van der Waals surface area contributed by atoms with Crippen LogP contribution in [-0.2, 0) is 6.42 Å². The summed E-state index contributed by atoms with van der Waals surface area (Å²) in [5.74, 6) is -2.88. The predicted molar refractivity (Wildman–Crippen MR) is 105 cm³/mol. The normalized spacial score (nSPS) is 15.8. The summed E-state index contributed by atoms with van der Waals surface area (Å²) in [5.41, 5.74) is 1.68. The average molecular weight is 434 g/mol. The minimum Gasteiger partial charge on any atom is -0.478 e. The van der Waals surface area contributed by atoms with Gasteiger partial charge in [0.25, 0.3) is 0 Å². The first-order valence-corrected chi connectivity index (χ1v) is 9.58. The first kappa shape index (κ1) is 19.5. The molecule has 0 bridgehead atoms. The van der Waals surface area contributed by atoms with Crippen molar-refractivity contribution in [2.24, 2.45) is 0 Å². The monoisotopic (exact) mass is 433 g/mol. The Morgan fingerprint density at radius 1 is 1.24 bits per heavy atom. The Morgan fingerprint density at radius 2 is 2.03 bits per heavy atom. The molecule has 0 fully saturated rings. The molecule has 9 heteroatoms. The summed E-state index contributed by atoms with van der Waals surface area (Å²) in [4.78, 5) is 28.3. The molecule has 4 rings (SSSR count). The summed E-state index contributed by atoms with van der Waals surface area (Å²) < 4.78 is 14.7. The van der Waals surface area contributed by atoms with Crippen LogP contribution in [0.2, 0.25) is 10.2 Å². The van der Waals surface area contributed by atoms with Gasteiger partial charge >= 0.3 is 5.97 Å². The molecule has 1 unspecified atom stereocenters. The fourth-order valence-corrected chi connectivity index (χ4v) is 4.23. The summed E-state index contributed by atoms with van der Waals surface area (Å²) in [5, 5.41) is 16.4. The number of carbonyl (C=O) groups is 2. The van der Waals surface area contributed by atoms with Gasteiger partial charge in [0, 0.05) is 23.0 Å². The number of H-pyrrole nitrogens is 1. The summed E-state index contributed by atoms with van der Waals surface area (Å²) in [6.07, 6.45) is 3.33. The molecule has 0 aliphatic heterocycles. The zero-order chi connectivity index (χ0) is 20.7. The van der Waals surface area contributed by atoms with Gasteiger partial charge in [0.2, 0.25) is 0 Å². The molecule has 0 amide bonds. The van der Waals surface area contributed by atoms with Crippen LogP contribution in [0.5, 0.6) is 0 Å². The van der Waals surface area contributed by atoms with Gasteiger partial charge < -0.3 is 5.11 Å². The number of carboxylic acid groups (broad SMARTS) is 1. The number of pyridine rings is 1. The lowest BCUT2D eigenvalue weighted by atomic mass is 9.80. The molecule has 1 aromatic carbocycles. The number of ketones is 1. The van der Waals surface area contributed by atoms with Gasteiger partial charge in [-0.3, -0.25) is 9.89 Å². The van der Waals surface area contributed by atoms with Crippen LogP contribution in [-0.4, -0.2) is 32.0 Å². The maximum absolute atomic E-state index is 14.7. The van der Waals surface area contributed by atoms with Crippen molar-refractivity contribution in [3.05, 3.63) is 68.8 Å². The molecular formula is C20H14Cl2FN3O3. The lowest BCUT2D eigenvalue weighted by Gasteiger charge is -2.23. The summed E-state index contributed by atoms with van der Waals surface area (Å²) in [6, 6.07) is 5.09. The third-order valence-electron chi connectivity index (χ3n) is 5.04. The van der Waals surface area contributed by atoms with E-state index in [-0.39, 0.29) is 38.3 Å². The SMILES string of the molecule is O=C(O)c1ccc(-c2n[nH]c3c2C(C(=O)c2c(Cl)ccnc2Cl)CCC3)c(F)c1. The maximum Gasteiger partial charge on any atom is 0.335 e. The molecule has 0 radical (unpaired) electrons. The fraction of sp³-hybridized carbons (Fsp3) is 0.200. The number of aromatic nitrogens is 3. The maximum atomic E-state index is 14.7. The van der Waals surface area contributed by atoms with Crippen molar-refractivity contribution >= 4 is 35.0 Å². The van der Waals surface area contributed by atoms with Crippen LogP contribution in [0, 0.1) is 5.82 Å². The number of aryl methyl sites for hydroxylation is 1. The van der Waals surface area contributed by atoms with Crippen LogP contribution >= 0.6 is 23.2 Å². The molecule has 2 N–H and O–H groups in total. The Hall–Kier alpha value is -2.77. The van der Waals surface area contributed by atoms with Crippen LogP contribution in [0.4, 0.5) is 4.39 Å². The highest BCUT2D eigenvalue weighted by Gasteiger charge is 2.35. The van der Waals surface area contributed by atoms with E-state index in [4.69, 9.17) is 28.3 Å². The second kappa shape index (κ2) is 7.57. The van der Waals surface area contributed by atoms with Gasteiger partial charge in [-0.15, -0.1) is 0 Å². The number of hydrogen-bond donors (Lipinski definition) is 2. The van der Waals surface area contributed by atoms with Crippen LogP contribution in [0.1, 0.15) is 50.7 Å². The minimum absolute atomic E-state index is 0.0108. The molecule has 1 aliphatic rings. The van der Waals surface area contributed by atoms with Gasteiger partial charge in [-0.2, -0.15) is 5.10 Å². The quantitative estimate of drug-likeness (QED) is 0.449. The van der Waals surface area contributed by atoms with Gasteiger partial charge in [0.1, 0.15) is 11.0 Å². The standard InChI is InChI=1S/C20H14Cl2FN3O3/c21-12-6-7-24-19(22)16(12)18(27)11-2-1-3-14-15(11)17(26-25-14)10-5-4-9(20(28)29)8-13(10)23/h4-8,11H,1-3H2,(H,25,26)(H,28,29). The molecular weight excluding hydrogens is 420 g/mol. The third-order valence-corrected chi connectivity index (χ3v) is 5.64. The second-order valence-electron chi connectivity index (χ2n) is 6.73. The van der Waals surface area contributed by atoms with Crippen LogP contribution < -0.4 is 0 Å². The van der Waals surface area contributed by atoms with Crippen molar-refractivity contribution in [3.63, 3.8) is 0 Å². The zero-order valence-electron chi connectivity index (χ0n) is 14.9. The van der Waals surface area contributed by atoms with E-state index in [1.165, 1.54) is 24.4 Å². The van der Waals surface area contributed by atoms with Crippen molar-refractivity contribution in [1.29, 1.82) is 0 Å². The molecule has 3 aromatic rings.